The molecular weight excluding hydrogens is 374 g/mol. The third-order valence-corrected chi connectivity index (χ3v) is 4.79. The van der Waals surface area contributed by atoms with Crippen LogP contribution in [0.4, 0.5) is 5.13 Å². The molecule has 0 spiro atoms. The van der Waals surface area contributed by atoms with E-state index in [0.29, 0.717) is 26.7 Å². The van der Waals surface area contributed by atoms with Crippen LogP contribution in [0.3, 0.4) is 0 Å². The van der Waals surface area contributed by atoms with Gasteiger partial charge in [0.15, 0.2) is 16.5 Å². The van der Waals surface area contributed by atoms with Crippen molar-refractivity contribution in [3.8, 4) is 0 Å². The van der Waals surface area contributed by atoms with Gasteiger partial charge in [0.2, 0.25) is 0 Å². The minimum absolute atomic E-state index is 0.243. The van der Waals surface area contributed by atoms with E-state index in [1.165, 1.54) is 11.3 Å². The molecule has 0 bridgehead atoms. The summed E-state index contributed by atoms with van der Waals surface area (Å²) < 4.78 is 2.38. The Morgan fingerprint density at radius 1 is 1.00 bits per heavy atom. The zero-order valence-electron chi connectivity index (χ0n) is 17.0. The molecule has 2 aromatic heterocycles. The van der Waals surface area contributed by atoms with Crippen molar-refractivity contribution in [1.82, 2.24) is 20.1 Å². The molecule has 0 aliphatic rings. The highest BCUT2D eigenvalue weighted by Crippen LogP contribution is 2.32. The molecule has 2 N–H and O–H groups in total. The van der Waals surface area contributed by atoms with Gasteiger partial charge in [-0.15, -0.1) is 0 Å². The number of thiazole rings is 1. The predicted molar refractivity (Wildman–Crippen MR) is 112 cm³/mol. The highest BCUT2D eigenvalue weighted by molar-refractivity contribution is 7.22. The largest absolute Gasteiger partial charge is 0.346 e. The van der Waals surface area contributed by atoms with Crippen LogP contribution in [-0.2, 0) is 5.54 Å². The van der Waals surface area contributed by atoms with Crippen LogP contribution in [0, 0.1) is 0 Å². The summed E-state index contributed by atoms with van der Waals surface area (Å²) in [7, 11) is 0. The van der Waals surface area contributed by atoms with Crippen LogP contribution in [0.15, 0.2) is 30.3 Å². The summed E-state index contributed by atoms with van der Waals surface area (Å²) in [5.74, 6) is -0.502. The number of rotatable bonds is 3. The summed E-state index contributed by atoms with van der Waals surface area (Å²) in [6.07, 6.45) is 0. The van der Waals surface area contributed by atoms with E-state index in [1.807, 2.05) is 47.6 Å². The van der Waals surface area contributed by atoms with E-state index in [-0.39, 0.29) is 22.9 Å². The molecule has 0 aliphatic heterocycles. The van der Waals surface area contributed by atoms with Crippen molar-refractivity contribution in [2.24, 2.45) is 0 Å². The molecule has 0 saturated heterocycles. The molecule has 2 heterocycles. The Balaban J connectivity index is 2.01. The molecule has 0 fully saturated rings. The molecule has 0 saturated carbocycles. The van der Waals surface area contributed by atoms with Gasteiger partial charge in [-0.25, -0.2) is 4.68 Å². The first-order valence-electron chi connectivity index (χ1n) is 9.05. The topological polar surface area (TPSA) is 88.9 Å². The number of hydrogen-bond donors (Lipinski definition) is 2. The van der Waals surface area contributed by atoms with Crippen LogP contribution in [0.1, 0.15) is 62.4 Å². The molecule has 1 aromatic carbocycles. The van der Waals surface area contributed by atoms with E-state index in [4.69, 9.17) is 0 Å². The molecule has 3 rings (SSSR count). The van der Waals surface area contributed by atoms with Crippen molar-refractivity contribution in [2.75, 3.05) is 5.32 Å². The minimum Gasteiger partial charge on any atom is -0.346 e. The zero-order chi connectivity index (χ0) is 20.7. The number of carbonyl (C=O) groups is 2. The van der Waals surface area contributed by atoms with Gasteiger partial charge in [0, 0.05) is 11.1 Å². The van der Waals surface area contributed by atoms with Gasteiger partial charge in [-0.05, 0) is 53.7 Å². The van der Waals surface area contributed by atoms with Crippen molar-refractivity contribution in [3.63, 3.8) is 0 Å². The van der Waals surface area contributed by atoms with Gasteiger partial charge < -0.3 is 5.32 Å². The van der Waals surface area contributed by atoms with E-state index in [0.717, 1.165) is 0 Å². The number of nitrogens with one attached hydrogen (secondary N) is 2. The number of amides is 2. The van der Waals surface area contributed by atoms with Crippen molar-refractivity contribution < 1.29 is 9.59 Å². The maximum Gasteiger partial charge on any atom is 0.273 e. The highest BCUT2D eigenvalue weighted by atomic mass is 32.1. The Kier molecular flexibility index (Phi) is 5.01. The summed E-state index contributed by atoms with van der Waals surface area (Å²) >= 11 is 1.25. The fourth-order valence-electron chi connectivity index (χ4n) is 2.63. The first-order chi connectivity index (χ1) is 13.0. The lowest BCUT2D eigenvalue weighted by Gasteiger charge is -2.20. The second-order valence-electron chi connectivity index (χ2n) is 8.63. The summed E-state index contributed by atoms with van der Waals surface area (Å²) in [5, 5.41) is 10.7. The quantitative estimate of drug-likeness (QED) is 0.696. The van der Waals surface area contributed by atoms with Crippen LogP contribution in [0.2, 0.25) is 0 Å². The first-order valence-corrected chi connectivity index (χ1v) is 9.86. The number of carbonyl (C=O) groups excluding carboxylic acids is 2. The lowest BCUT2D eigenvalue weighted by Crippen LogP contribution is -2.41. The van der Waals surface area contributed by atoms with Gasteiger partial charge in [0.05, 0.1) is 5.54 Å². The van der Waals surface area contributed by atoms with Crippen molar-refractivity contribution in [2.45, 2.75) is 52.6 Å². The Hall–Kier alpha value is -2.74. The molecule has 0 radical (unpaired) electrons. The number of hydrogen-bond acceptors (Lipinski definition) is 5. The number of benzene rings is 1. The number of aromatic nitrogens is 3. The third-order valence-electron chi connectivity index (χ3n) is 3.82. The van der Waals surface area contributed by atoms with E-state index in [2.05, 4.69) is 20.7 Å². The molecule has 148 valence electrons. The number of fused-ring (bicyclic) bond motifs is 1. The van der Waals surface area contributed by atoms with Gasteiger partial charge in [0.1, 0.15) is 4.70 Å². The Bertz CT molecular complexity index is 1020. The second kappa shape index (κ2) is 7.01. The average molecular weight is 400 g/mol. The predicted octanol–water partition coefficient (Wildman–Crippen LogP) is 4.03. The van der Waals surface area contributed by atoms with Crippen LogP contribution in [0.5, 0.6) is 0 Å². The lowest BCUT2D eigenvalue weighted by atomic mass is 10.1. The molecule has 28 heavy (non-hydrogen) atoms. The lowest BCUT2D eigenvalue weighted by molar-refractivity contribution is 0.0914. The SMILES string of the molecule is CC(C)(C)NC(=O)c1nn(C(C)(C)C)c2nc(NC(=O)c3ccccc3)sc12. The third kappa shape index (κ3) is 4.22. The number of anilines is 1. The summed E-state index contributed by atoms with van der Waals surface area (Å²) in [4.78, 5) is 29.8. The fourth-order valence-corrected chi connectivity index (χ4v) is 3.55. The summed E-state index contributed by atoms with van der Waals surface area (Å²) in [6.45, 7) is 11.7. The van der Waals surface area contributed by atoms with Crippen LogP contribution in [-0.4, -0.2) is 32.1 Å². The average Bonchev–Trinajstić information content (AvgIpc) is 3.11. The molecule has 7 nitrogen and oxygen atoms in total. The molecule has 2 amide bonds. The van der Waals surface area contributed by atoms with Gasteiger partial charge in [-0.1, -0.05) is 29.5 Å². The maximum atomic E-state index is 12.8. The first kappa shape index (κ1) is 20.0. The van der Waals surface area contributed by atoms with E-state index < -0.39 is 0 Å². The summed E-state index contributed by atoms with van der Waals surface area (Å²) in [6, 6.07) is 8.94. The standard InChI is InChI=1S/C20H25N5O2S/c1-19(2,3)23-17(27)13-14-15(25(24-13)20(4,5)6)21-18(28-14)22-16(26)12-10-8-7-9-11-12/h7-11H,1-6H3,(H,23,27)(H,21,22,26). The van der Waals surface area contributed by atoms with Crippen LogP contribution in [0.25, 0.3) is 10.3 Å². The van der Waals surface area contributed by atoms with E-state index in [1.54, 1.807) is 28.9 Å². The molecule has 0 aliphatic carbocycles. The molecule has 0 unspecified atom stereocenters. The summed E-state index contributed by atoms with van der Waals surface area (Å²) in [5.41, 5.74) is 0.694. The molecule has 8 heteroatoms. The monoisotopic (exact) mass is 399 g/mol. The van der Waals surface area contributed by atoms with Crippen LogP contribution < -0.4 is 10.6 Å². The Labute approximate surface area is 168 Å². The molecule has 0 atom stereocenters. The van der Waals surface area contributed by atoms with Crippen molar-refractivity contribution in [1.29, 1.82) is 0 Å². The van der Waals surface area contributed by atoms with Gasteiger partial charge in [-0.3, -0.25) is 14.9 Å². The van der Waals surface area contributed by atoms with Gasteiger partial charge in [-0.2, -0.15) is 10.1 Å². The van der Waals surface area contributed by atoms with Gasteiger partial charge >= 0.3 is 0 Å². The van der Waals surface area contributed by atoms with E-state index in [9.17, 15) is 9.59 Å². The van der Waals surface area contributed by atoms with Gasteiger partial charge in [0.25, 0.3) is 11.8 Å². The van der Waals surface area contributed by atoms with Crippen molar-refractivity contribution in [3.05, 3.63) is 41.6 Å². The normalized spacial score (nSPS) is 12.2. The highest BCUT2D eigenvalue weighted by Gasteiger charge is 2.28. The smallest absolute Gasteiger partial charge is 0.273 e. The Morgan fingerprint density at radius 2 is 1.64 bits per heavy atom. The van der Waals surface area contributed by atoms with E-state index >= 15 is 0 Å². The fraction of sp³-hybridized carbons (Fsp3) is 0.400. The number of nitrogens with zero attached hydrogens (tertiary/aromatic N) is 3. The Morgan fingerprint density at radius 3 is 2.21 bits per heavy atom. The maximum absolute atomic E-state index is 12.8. The second-order valence-corrected chi connectivity index (χ2v) is 9.63. The zero-order valence-corrected chi connectivity index (χ0v) is 17.8. The van der Waals surface area contributed by atoms with Crippen LogP contribution >= 0.6 is 11.3 Å². The molecule has 3 aromatic rings. The van der Waals surface area contributed by atoms with Crippen molar-refractivity contribution >= 4 is 38.6 Å². The molecular formula is C20H25N5O2S. The minimum atomic E-state index is -0.385.